The summed E-state index contributed by atoms with van der Waals surface area (Å²) in [6.45, 7) is 0.504. The predicted molar refractivity (Wildman–Crippen MR) is 122 cm³/mol. The van der Waals surface area contributed by atoms with Gasteiger partial charge in [0.15, 0.2) is 0 Å². The molecule has 0 unspecified atom stereocenters. The van der Waals surface area contributed by atoms with Crippen molar-refractivity contribution in [2.75, 3.05) is 7.11 Å². The zero-order valence-corrected chi connectivity index (χ0v) is 17.7. The van der Waals surface area contributed by atoms with Crippen molar-refractivity contribution >= 4 is 40.3 Å². The van der Waals surface area contributed by atoms with E-state index in [9.17, 15) is 10.1 Å². The molecule has 0 radical (unpaired) electrons. The van der Waals surface area contributed by atoms with Crippen molar-refractivity contribution in [1.29, 1.82) is 5.26 Å². The van der Waals surface area contributed by atoms with Gasteiger partial charge in [0.2, 0.25) is 5.88 Å². The fourth-order valence-corrected chi connectivity index (χ4v) is 3.50. The minimum Gasteiger partial charge on any atom is -0.481 e. The number of hydrogen-bond acceptors (Lipinski definition) is 5. The molecule has 0 aliphatic rings. The van der Waals surface area contributed by atoms with Gasteiger partial charge in [-0.25, -0.2) is 14.8 Å². The van der Waals surface area contributed by atoms with Crippen molar-refractivity contribution in [3.8, 4) is 11.9 Å². The molecule has 8 heteroatoms. The Morgan fingerprint density at radius 2 is 1.94 bits per heavy atom. The Bertz CT molecular complexity index is 1370. The van der Waals surface area contributed by atoms with Crippen LogP contribution in [0.4, 0.5) is 0 Å². The summed E-state index contributed by atoms with van der Waals surface area (Å²) in [4.78, 5) is 19.8. The standard InChI is InChI=1S/C24H17ClN4O3/c1-32-22-9-2-15(12-27-22)13-29-14-19(20-7-8-21(25)28-23(20)29)10-18(11-26)16-3-5-17(6-4-16)24(30)31/h2-10,12,14H,13H2,1H3,(H,30,31)/b18-10+. The number of aromatic nitrogens is 3. The molecule has 0 amide bonds. The molecule has 0 atom stereocenters. The second-order valence-electron chi connectivity index (χ2n) is 6.98. The van der Waals surface area contributed by atoms with Gasteiger partial charge >= 0.3 is 5.97 Å². The number of nitriles is 1. The number of allylic oxidation sites excluding steroid dienone is 1. The molecule has 1 aromatic carbocycles. The fourth-order valence-electron chi connectivity index (χ4n) is 3.35. The lowest BCUT2D eigenvalue weighted by Crippen LogP contribution is -2.00. The number of aromatic carboxylic acids is 1. The Hall–Kier alpha value is -4.15. The molecule has 0 aliphatic carbocycles. The zero-order chi connectivity index (χ0) is 22.7. The average Bonchev–Trinajstić information content (AvgIpc) is 3.14. The van der Waals surface area contributed by atoms with E-state index < -0.39 is 5.97 Å². The van der Waals surface area contributed by atoms with Crippen molar-refractivity contribution in [3.05, 3.63) is 88.3 Å². The summed E-state index contributed by atoms with van der Waals surface area (Å²) in [5.41, 5.74) is 3.61. The molecule has 32 heavy (non-hydrogen) atoms. The first kappa shape index (κ1) is 21.1. The number of carboxylic acids is 1. The number of carboxylic acid groups (broad SMARTS) is 1. The molecule has 0 saturated heterocycles. The summed E-state index contributed by atoms with van der Waals surface area (Å²) in [6, 6.07) is 15.7. The van der Waals surface area contributed by atoms with Crippen LogP contribution in [0.1, 0.15) is 27.0 Å². The van der Waals surface area contributed by atoms with Crippen LogP contribution in [-0.2, 0) is 6.54 Å². The van der Waals surface area contributed by atoms with Gasteiger partial charge in [0.25, 0.3) is 0 Å². The second kappa shape index (κ2) is 8.92. The Labute approximate surface area is 188 Å². The topological polar surface area (TPSA) is 101 Å². The van der Waals surface area contributed by atoms with Crippen LogP contribution in [-0.4, -0.2) is 32.7 Å². The highest BCUT2D eigenvalue weighted by Crippen LogP contribution is 2.27. The highest BCUT2D eigenvalue weighted by atomic mass is 35.5. The first-order chi connectivity index (χ1) is 15.5. The SMILES string of the molecule is COc1ccc(Cn2cc(/C=C(\C#N)c3ccc(C(=O)O)cc3)c3ccc(Cl)nc32)cn1. The van der Waals surface area contributed by atoms with Crippen LogP contribution in [0.15, 0.2) is 60.9 Å². The third-order valence-electron chi connectivity index (χ3n) is 4.94. The minimum atomic E-state index is -1.02. The molecule has 158 valence electrons. The third kappa shape index (κ3) is 4.31. The van der Waals surface area contributed by atoms with Crippen LogP contribution < -0.4 is 4.74 Å². The monoisotopic (exact) mass is 444 g/mol. The van der Waals surface area contributed by atoms with Crippen LogP contribution in [0.25, 0.3) is 22.7 Å². The molecule has 4 aromatic rings. The van der Waals surface area contributed by atoms with E-state index in [1.54, 1.807) is 43.6 Å². The van der Waals surface area contributed by atoms with Gasteiger partial charge in [0.05, 0.1) is 30.9 Å². The van der Waals surface area contributed by atoms with Crippen LogP contribution >= 0.6 is 11.6 Å². The highest BCUT2D eigenvalue weighted by molar-refractivity contribution is 6.29. The quantitative estimate of drug-likeness (QED) is 0.335. The zero-order valence-electron chi connectivity index (χ0n) is 17.0. The van der Waals surface area contributed by atoms with E-state index in [1.165, 1.54) is 12.1 Å². The van der Waals surface area contributed by atoms with E-state index in [4.69, 9.17) is 21.4 Å². The van der Waals surface area contributed by atoms with Gasteiger partial charge in [-0.15, -0.1) is 0 Å². The number of ether oxygens (including phenoxy) is 1. The first-order valence-electron chi connectivity index (χ1n) is 9.58. The van der Waals surface area contributed by atoms with E-state index in [0.717, 1.165) is 16.5 Å². The molecular formula is C24H17ClN4O3. The van der Waals surface area contributed by atoms with E-state index in [2.05, 4.69) is 16.0 Å². The molecule has 0 fully saturated rings. The number of methoxy groups -OCH3 is 1. The molecule has 0 bridgehead atoms. The normalized spacial score (nSPS) is 11.3. The van der Waals surface area contributed by atoms with E-state index in [-0.39, 0.29) is 5.56 Å². The lowest BCUT2D eigenvalue weighted by molar-refractivity contribution is 0.0697. The number of halogens is 1. The van der Waals surface area contributed by atoms with Crippen LogP contribution in [0, 0.1) is 11.3 Å². The summed E-state index contributed by atoms with van der Waals surface area (Å²) < 4.78 is 7.05. The van der Waals surface area contributed by atoms with E-state index >= 15 is 0 Å². The number of fused-ring (bicyclic) bond motifs is 1. The Kier molecular flexibility index (Phi) is 5.88. The summed E-state index contributed by atoms with van der Waals surface area (Å²) >= 11 is 6.14. The largest absolute Gasteiger partial charge is 0.481 e. The fraction of sp³-hybridized carbons (Fsp3) is 0.0833. The Morgan fingerprint density at radius 1 is 1.19 bits per heavy atom. The Morgan fingerprint density at radius 3 is 2.56 bits per heavy atom. The maximum absolute atomic E-state index is 11.1. The summed E-state index contributed by atoms with van der Waals surface area (Å²) in [6.07, 6.45) is 5.40. The maximum Gasteiger partial charge on any atom is 0.335 e. The lowest BCUT2D eigenvalue weighted by Gasteiger charge is -2.05. The smallest absolute Gasteiger partial charge is 0.335 e. The van der Waals surface area contributed by atoms with Crippen molar-refractivity contribution in [2.45, 2.75) is 6.54 Å². The molecule has 3 aromatic heterocycles. The van der Waals surface area contributed by atoms with Crippen LogP contribution in [0.3, 0.4) is 0 Å². The molecule has 1 N–H and O–H groups in total. The number of carbonyl (C=O) groups is 1. The molecule has 4 rings (SSSR count). The highest BCUT2D eigenvalue weighted by Gasteiger charge is 2.12. The maximum atomic E-state index is 11.1. The number of benzene rings is 1. The number of hydrogen-bond donors (Lipinski definition) is 1. The minimum absolute atomic E-state index is 0.162. The molecule has 7 nitrogen and oxygen atoms in total. The van der Waals surface area contributed by atoms with E-state index in [1.807, 2.05) is 22.9 Å². The van der Waals surface area contributed by atoms with Crippen LogP contribution in [0.5, 0.6) is 5.88 Å². The molecule has 0 saturated carbocycles. The van der Waals surface area contributed by atoms with Crippen molar-refractivity contribution in [3.63, 3.8) is 0 Å². The second-order valence-corrected chi connectivity index (χ2v) is 7.37. The van der Waals surface area contributed by atoms with Gasteiger partial charge in [-0.3, -0.25) is 0 Å². The van der Waals surface area contributed by atoms with Gasteiger partial charge in [0.1, 0.15) is 10.8 Å². The average molecular weight is 445 g/mol. The van der Waals surface area contributed by atoms with Crippen molar-refractivity contribution in [2.24, 2.45) is 0 Å². The van der Waals surface area contributed by atoms with Gasteiger partial charge in [-0.1, -0.05) is 29.8 Å². The van der Waals surface area contributed by atoms with Crippen molar-refractivity contribution < 1.29 is 14.6 Å². The molecule has 3 heterocycles. The summed E-state index contributed by atoms with van der Waals surface area (Å²) in [5.74, 6) is -0.485. The molecule has 0 aliphatic heterocycles. The van der Waals surface area contributed by atoms with Gasteiger partial charge in [-0.2, -0.15) is 5.26 Å². The Balaban J connectivity index is 1.76. The number of pyridine rings is 2. The van der Waals surface area contributed by atoms with Crippen LogP contribution in [0.2, 0.25) is 5.15 Å². The lowest BCUT2D eigenvalue weighted by atomic mass is 10.0. The number of nitrogens with zero attached hydrogens (tertiary/aromatic N) is 4. The van der Waals surface area contributed by atoms with Gasteiger partial charge < -0.3 is 14.4 Å². The number of rotatable bonds is 6. The predicted octanol–water partition coefficient (Wildman–Crippen LogP) is 4.90. The summed E-state index contributed by atoms with van der Waals surface area (Å²) in [7, 11) is 1.56. The molecule has 0 spiro atoms. The van der Waals surface area contributed by atoms with E-state index in [0.29, 0.717) is 34.4 Å². The van der Waals surface area contributed by atoms with Crippen molar-refractivity contribution in [1.82, 2.24) is 14.5 Å². The summed E-state index contributed by atoms with van der Waals surface area (Å²) in [5, 5.41) is 20.0. The molecular weight excluding hydrogens is 428 g/mol. The first-order valence-corrected chi connectivity index (χ1v) is 9.96. The van der Waals surface area contributed by atoms with Gasteiger partial charge in [0, 0.05) is 29.4 Å². The third-order valence-corrected chi connectivity index (χ3v) is 5.15. The van der Waals surface area contributed by atoms with Gasteiger partial charge in [-0.05, 0) is 41.5 Å².